The van der Waals surface area contributed by atoms with E-state index in [1.165, 1.54) is 0 Å². The molecule has 0 aromatic heterocycles. The fourth-order valence-corrected chi connectivity index (χ4v) is 2.81. The van der Waals surface area contributed by atoms with Gasteiger partial charge in [0.05, 0.1) is 0 Å². The Morgan fingerprint density at radius 2 is 1.54 bits per heavy atom. The van der Waals surface area contributed by atoms with E-state index in [0.717, 1.165) is 11.1 Å². The molecule has 142 valence electrons. The van der Waals surface area contributed by atoms with E-state index >= 15 is 0 Å². The van der Waals surface area contributed by atoms with E-state index in [-0.39, 0.29) is 11.7 Å². The summed E-state index contributed by atoms with van der Waals surface area (Å²) in [5.41, 5.74) is 3.22. The molecular weight excluding hydrogens is 350 g/mol. The summed E-state index contributed by atoms with van der Waals surface area (Å²) in [4.78, 5) is 24.7. The van der Waals surface area contributed by atoms with Crippen LogP contribution in [-0.4, -0.2) is 11.7 Å². The molecule has 1 atom stereocenters. The molecule has 0 heterocycles. The number of hydrogen-bond acceptors (Lipinski definition) is 3. The highest BCUT2D eigenvalue weighted by Crippen LogP contribution is 2.24. The van der Waals surface area contributed by atoms with Crippen LogP contribution in [0.5, 0.6) is 5.75 Å². The standard InChI is InChI=1S/C24H23NO3/c1-3-22(26)18-11-15-21(16-12-18)28-23(19-7-5-4-6-8-19)24(27)25-20-13-9-17(2)10-14-20/h4-16,23H,3H2,1-2H3,(H,25,27)/t23-/m1/s1. The topological polar surface area (TPSA) is 55.4 Å². The van der Waals surface area contributed by atoms with Crippen molar-refractivity contribution in [1.29, 1.82) is 0 Å². The van der Waals surface area contributed by atoms with Crippen molar-refractivity contribution in [2.75, 3.05) is 5.32 Å². The van der Waals surface area contributed by atoms with Gasteiger partial charge < -0.3 is 10.1 Å². The molecule has 0 fully saturated rings. The van der Waals surface area contributed by atoms with Crippen molar-refractivity contribution in [3.05, 3.63) is 95.6 Å². The molecule has 3 aromatic carbocycles. The Bertz CT molecular complexity index is 932. The van der Waals surface area contributed by atoms with Crippen molar-refractivity contribution in [1.82, 2.24) is 0 Å². The van der Waals surface area contributed by atoms with Crippen LogP contribution in [0.1, 0.15) is 40.9 Å². The van der Waals surface area contributed by atoms with Gasteiger partial charge in [0.2, 0.25) is 6.10 Å². The largest absolute Gasteiger partial charge is 0.476 e. The predicted octanol–water partition coefficient (Wildman–Crippen LogP) is 5.35. The maximum atomic E-state index is 12.9. The minimum atomic E-state index is -0.810. The third kappa shape index (κ3) is 4.86. The molecule has 0 aliphatic carbocycles. The van der Waals surface area contributed by atoms with Crippen LogP contribution >= 0.6 is 0 Å². The molecule has 3 aromatic rings. The molecule has 0 radical (unpaired) electrons. The fourth-order valence-electron chi connectivity index (χ4n) is 2.81. The average molecular weight is 373 g/mol. The first-order chi connectivity index (χ1) is 13.6. The minimum Gasteiger partial charge on any atom is -0.476 e. The molecule has 4 nitrogen and oxygen atoms in total. The minimum absolute atomic E-state index is 0.0725. The summed E-state index contributed by atoms with van der Waals surface area (Å²) in [7, 11) is 0. The molecule has 0 aliphatic heterocycles. The summed E-state index contributed by atoms with van der Waals surface area (Å²) in [6.07, 6.45) is -0.360. The number of benzene rings is 3. The number of ether oxygens (including phenoxy) is 1. The van der Waals surface area contributed by atoms with Crippen LogP contribution in [0.25, 0.3) is 0 Å². The van der Waals surface area contributed by atoms with Crippen LogP contribution in [0.4, 0.5) is 5.69 Å². The summed E-state index contributed by atoms with van der Waals surface area (Å²) in [5.74, 6) is 0.340. The Balaban J connectivity index is 1.82. The van der Waals surface area contributed by atoms with E-state index in [2.05, 4.69) is 5.32 Å². The van der Waals surface area contributed by atoms with Crippen molar-refractivity contribution >= 4 is 17.4 Å². The van der Waals surface area contributed by atoms with Crippen molar-refractivity contribution < 1.29 is 14.3 Å². The first-order valence-corrected chi connectivity index (χ1v) is 9.29. The lowest BCUT2D eigenvalue weighted by Gasteiger charge is -2.19. The third-order valence-electron chi connectivity index (χ3n) is 4.41. The maximum Gasteiger partial charge on any atom is 0.270 e. The number of ketones is 1. The molecule has 0 bridgehead atoms. The molecule has 0 aliphatic rings. The normalized spacial score (nSPS) is 11.5. The van der Waals surface area contributed by atoms with Gasteiger partial charge >= 0.3 is 0 Å². The average Bonchev–Trinajstić information content (AvgIpc) is 2.74. The highest BCUT2D eigenvalue weighted by atomic mass is 16.5. The lowest BCUT2D eigenvalue weighted by atomic mass is 10.1. The summed E-state index contributed by atoms with van der Waals surface area (Å²) in [6.45, 7) is 3.82. The Hall–Kier alpha value is -3.40. The molecule has 1 N–H and O–H groups in total. The summed E-state index contributed by atoms with van der Waals surface area (Å²) < 4.78 is 6.00. The molecule has 0 unspecified atom stereocenters. The summed E-state index contributed by atoms with van der Waals surface area (Å²) in [5, 5.41) is 2.91. The molecule has 0 spiro atoms. The van der Waals surface area contributed by atoms with E-state index in [1.807, 2.05) is 68.4 Å². The van der Waals surface area contributed by atoms with E-state index in [1.54, 1.807) is 24.3 Å². The van der Waals surface area contributed by atoms with Crippen LogP contribution in [0, 0.1) is 6.92 Å². The van der Waals surface area contributed by atoms with Crippen LogP contribution in [0.2, 0.25) is 0 Å². The lowest BCUT2D eigenvalue weighted by molar-refractivity contribution is -0.123. The Labute approximate surface area is 165 Å². The second-order valence-corrected chi connectivity index (χ2v) is 6.56. The number of anilines is 1. The number of rotatable bonds is 7. The highest BCUT2D eigenvalue weighted by molar-refractivity contribution is 5.96. The van der Waals surface area contributed by atoms with Crippen LogP contribution in [0.3, 0.4) is 0 Å². The fraction of sp³-hybridized carbons (Fsp3) is 0.167. The van der Waals surface area contributed by atoms with Crippen LogP contribution < -0.4 is 10.1 Å². The van der Waals surface area contributed by atoms with Crippen molar-refractivity contribution in [3.8, 4) is 5.75 Å². The zero-order chi connectivity index (χ0) is 19.9. The number of nitrogens with one attached hydrogen (secondary N) is 1. The highest BCUT2D eigenvalue weighted by Gasteiger charge is 2.23. The number of aryl methyl sites for hydroxylation is 1. The number of Topliss-reactive ketones (excluding diaryl/α,β-unsaturated/α-hetero) is 1. The van der Waals surface area contributed by atoms with Crippen molar-refractivity contribution in [3.63, 3.8) is 0 Å². The molecule has 0 saturated carbocycles. The van der Waals surface area contributed by atoms with Gasteiger partial charge in [0, 0.05) is 23.2 Å². The molecule has 3 rings (SSSR count). The summed E-state index contributed by atoms with van der Waals surface area (Å²) in [6, 6.07) is 23.8. The van der Waals surface area contributed by atoms with Gasteiger partial charge in [-0.2, -0.15) is 0 Å². The van der Waals surface area contributed by atoms with Gasteiger partial charge in [0.25, 0.3) is 5.91 Å². The van der Waals surface area contributed by atoms with Gasteiger partial charge in [-0.3, -0.25) is 9.59 Å². The quantitative estimate of drug-likeness (QED) is 0.568. The first kappa shape index (κ1) is 19.4. The number of amides is 1. The van der Waals surface area contributed by atoms with Gasteiger partial charge in [-0.05, 0) is 43.3 Å². The zero-order valence-corrected chi connectivity index (χ0v) is 16.0. The van der Waals surface area contributed by atoms with Crippen LogP contribution in [0.15, 0.2) is 78.9 Å². The molecular formula is C24H23NO3. The van der Waals surface area contributed by atoms with E-state index < -0.39 is 6.10 Å². The molecule has 1 amide bonds. The van der Waals surface area contributed by atoms with E-state index in [4.69, 9.17) is 4.74 Å². The smallest absolute Gasteiger partial charge is 0.270 e. The monoisotopic (exact) mass is 373 g/mol. The van der Waals surface area contributed by atoms with Crippen LogP contribution in [-0.2, 0) is 4.79 Å². The Morgan fingerprint density at radius 1 is 0.893 bits per heavy atom. The lowest BCUT2D eigenvalue weighted by Crippen LogP contribution is -2.25. The molecule has 4 heteroatoms. The molecule has 0 saturated heterocycles. The second kappa shape index (κ2) is 9.00. The van der Waals surface area contributed by atoms with Crippen molar-refractivity contribution in [2.45, 2.75) is 26.4 Å². The Kier molecular flexibility index (Phi) is 6.22. The van der Waals surface area contributed by atoms with Crippen molar-refractivity contribution in [2.24, 2.45) is 0 Å². The predicted molar refractivity (Wildman–Crippen MR) is 111 cm³/mol. The number of hydrogen-bond donors (Lipinski definition) is 1. The Morgan fingerprint density at radius 3 is 2.14 bits per heavy atom. The van der Waals surface area contributed by atoms with E-state index in [0.29, 0.717) is 23.4 Å². The second-order valence-electron chi connectivity index (χ2n) is 6.56. The summed E-state index contributed by atoms with van der Waals surface area (Å²) >= 11 is 0. The number of carbonyl (C=O) groups is 2. The zero-order valence-electron chi connectivity index (χ0n) is 16.0. The van der Waals surface area contributed by atoms with Gasteiger partial charge in [-0.25, -0.2) is 0 Å². The number of carbonyl (C=O) groups excluding carboxylic acids is 2. The van der Waals surface area contributed by atoms with Gasteiger partial charge in [-0.1, -0.05) is 55.0 Å². The maximum absolute atomic E-state index is 12.9. The van der Waals surface area contributed by atoms with E-state index in [9.17, 15) is 9.59 Å². The van der Waals surface area contributed by atoms with Gasteiger partial charge in [0.15, 0.2) is 5.78 Å². The molecule has 28 heavy (non-hydrogen) atoms. The SMILES string of the molecule is CCC(=O)c1ccc(O[C@@H](C(=O)Nc2ccc(C)cc2)c2ccccc2)cc1. The third-order valence-corrected chi connectivity index (χ3v) is 4.41. The van der Waals surface area contributed by atoms with Gasteiger partial charge in [-0.15, -0.1) is 0 Å². The first-order valence-electron chi connectivity index (χ1n) is 9.29. The van der Waals surface area contributed by atoms with Gasteiger partial charge in [0.1, 0.15) is 5.75 Å².